The van der Waals surface area contributed by atoms with E-state index in [4.69, 9.17) is 49.5 Å². The van der Waals surface area contributed by atoms with Gasteiger partial charge in [0.05, 0.1) is 43.0 Å². The van der Waals surface area contributed by atoms with Crippen LogP contribution >= 0.6 is 11.6 Å². The zero-order chi connectivity index (χ0) is 44.6. The van der Waals surface area contributed by atoms with Crippen LogP contribution in [0, 0.1) is 35.5 Å². The van der Waals surface area contributed by atoms with E-state index in [9.17, 15) is 9.90 Å². The van der Waals surface area contributed by atoms with Gasteiger partial charge in [0.2, 0.25) is 0 Å². The Bertz CT molecular complexity index is 1730. The first-order valence-electron chi connectivity index (χ1n) is 23.2. The maximum atomic E-state index is 15.1. The van der Waals surface area contributed by atoms with Crippen molar-refractivity contribution in [2.75, 3.05) is 40.7 Å². The molecule has 3 aliphatic carbocycles. The molecule has 0 amide bonds. The van der Waals surface area contributed by atoms with Crippen molar-refractivity contribution in [3.8, 4) is 0 Å². The fourth-order valence-corrected chi connectivity index (χ4v) is 12.4. The number of ether oxygens (including phenoxy) is 8. The van der Waals surface area contributed by atoms with Gasteiger partial charge in [-0.3, -0.25) is 9.59 Å². The fourth-order valence-electron chi connectivity index (χ4n) is 12.2. The number of benzene rings is 1. The summed E-state index contributed by atoms with van der Waals surface area (Å²) in [6.07, 6.45) is 3.54. The average Bonchev–Trinajstić information content (AvgIpc) is 3.83. The predicted octanol–water partition coefficient (Wildman–Crippen LogP) is 6.82. The van der Waals surface area contributed by atoms with Gasteiger partial charge >= 0.3 is 5.97 Å². The lowest BCUT2D eigenvalue weighted by Crippen LogP contribution is -2.66. The second-order valence-corrected chi connectivity index (χ2v) is 19.8. The number of nitrogens with one attached hydrogen (secondary N) is 1. The third kappa shape index (κ3) is 9.55. The Labute approximate surface area is 374 Å². The first kappa shape index (κ1) is 47.8. The van der Waals surface area contributed by atoms with Crippen molar-refractivity contribution in [3.05, 3.63) is 40.9 Å². The zero-order valence-electron chi connectivity index (χ0n) is 38.5. The number of hydrogen-bond donors (Lipinski definition) is 2. The van der Waals surface area contributed by atoms with Crippen LogP contribution in [0.15, 0.2) is 35.9 Å². The topological polar surface area (TPSA) is 143 Å². The lowest BCUT2D eigenvalue weighted by Gasteiger charge is -2.50. The number of aliphatic hydroxyl groups excluding tert-OH is 1. The van der Waals surface area contributed by atoms with Crippen molar-refractivity contribution in [3.63, 3.8) is 0 Å². The lowest BCUT2D eigenvalue weighted by atomic mass is 9.62. The summed E-state index contributed by atoms with van der Waals surface area (Å²) in [6, 6.07) is 7.36. The molecule has 2 N–H and O–H groups in total. The Morgan fingerprint density at radius 2 is 1.73 bits per heavy atom. The number of ketones is 1. The number of halogens is 1. The molecule has 5 fully saturated rings. The maximum Gasteiger partial charge on any atom is 0.306 e. The van der Waals surface area contributed by atoms with E-state index in [-0.39, 0.29) is 66.4 Å². The summed E-state index contributed by atoms with van der Waals surface area (Å²) in [6.45, 7) is 9.96. The van der Waals surface area contributed by atoms with Crippen LogP contribution in [0.4, 0.5) is 5.69 Å². The molecule has 3 unspecified atom stereocenters. The minimum absolute atomic E-state index is 0.0000125. The highest BCUT2D eigenvalue weighted by molar-refractivity contribution is 6.30. The first-order chi connectivity index (χ1) is 29.6. The van der Waals surface area contributed by atoms with E-state index >= 15 is 4.79 Å². The summed E-state index contributed by atoms with van der Waals surface area (Å²) < 4.78 is 50.8. The molecule has 3 saturated heterocycles. The van der Waals surface area contributed by atoms with Crippen molar-refractivity contribution in [2.24, 2.45) is 35.5 Å². The van der Waals surface area contributed by atoms with Gasteiger partial charge < -0.3 is 53.2 Å². The molecule has 3 aliphatic heterocycles. The number of rotatable bonds is 11. The molecule has 62 heavy (non-hydrogen) atoms. The normalized spacial score (nSPS) is 44.0. The van der Waals surface area contributed by atoms with Crippen molar-refractivity contribution in [1.82, 2.24) is 4.90 Å². The standard InChI is InChI=1S/C48H73ClN2O11/c1-11-30-16-13-17-38(62-40-19-18-37(51(6)7)26(3)58-40)25(2)43(53)36-23-33-32-21-31(61-47-48(5,57-10)46(56-9)45(55-8)27(4)59-47)22-35(32)42(50-29-15-12-14-28(49)20-29)44(54)41(33)34(36)24-39(52)60-30/h12,14-15,20,23,25-27,30-35,37-38,40-42,44-47,50,54H,11,13,16-19,21-22,24H2,1-10H3/t25-,26?,27?,30+,31+,32+,33+,34-,35-,37+,38+,40+,41-,42+,44+,45+,46?,47+,48-/m1/s1. The van der Waals surface area contributed by atoms with Gasteiger partial charge in [0.1, 0.15) is 23.9 Å². The van der Waals surface area contributed by atoms with E-state index in [1.54, 1.807) is 21.3 Å². The van der Waals surface area contributed by atoms with Crippen LogP contribution in [0.5, 0.6) is 0 Å². The third-order valence-electron chi connectivity index (χ3n) is 15.6. The van der Waals surface area contributed by atoms with Gasteiger partial charge in [-0.1, -0.05) is 37.6 Å². The summed E-state index contributed by atoms with van der Waals surface area (Å²) in [5.74, 6) is -2.15. The largest absolute Gasteiger partial charge is 0.462 e. The SMILES string of the molecule is CC[C@H]1CCC[C@H](O[C@H]2CC[C@H](N(C)C)C(C)O2)[C@@H](C)C(=O)C2=C[C@H]3[C@@H]4C[C@H](O[C@@H]5OC(C)[C@H](OC)C(OC)[C@@]5(C)OC)C[C@H]4[C@H](Nc4cccc(Cl)c4)[C@@H](O)[C@H]3[C@@H]2CC(=O)O1. The Balaban J connectivity index is 1.22. The monoisotopic (exact) mass is 888 g/mol. The van der Waals surface area contributed by atoms with Gasteiger partial charge in [-0.2, -0.15) is 0 Å². The molecular weight excluding hydrogens is 816 g/mol. The number of nitrogens with zero attached hydrogens (tertiary/aromatic N) is 1. The van der Waals surface area contributed by atoms with E-state index < -0.39 is 60.3 Å². The number of allylic oxidation sites excluding steroid dienone is 2. The van der Waals surface area contributed by atoms with Crippen LogP contribution in [0.25, 0.3) is 0 Å². The van der Waals surface area contributed by atoms with Gasteiger partial charge in [0.15, 0.2) is 18.4 Å². The summed E-state index contributed by atoms with van der Waals surface area (Å²) >= 11 is 6.49. The second-order valence-electron chi connectivity index (χ2n) is 19.4. The van der Waals surface area contributed by atoms with Crippen molar-refractivity contribution in [1.29, 1.82) is 0 Å². The number of cyclic esters (lactones) is 1. The summed E-state index contributed by atoms with van der Waals surface area (Å²) in [4.78, 5) is 31.3. The minimum atomic E-state index is -0.988. The van der Waals surface area contributed by atoms with E-state index in [1.807, 2.05) is 52.0 Å². The summed E-state index contributed by atoms with van der Waals surface area (Å²) in [7, 11) is 9.06. The predicted molar refractivity (Wildman–Crippen MR) is 235 cm³/mol. The second kappa shape index (κ2) is 20.1. The molecule has 0 spiro atoms. The maximum absolute atomic E-state index is 15.1. The number of Topliss-reactive ketones (excluding diaryl/α,β-unsaturated/α-hetero) is 1. The van der Waals surface area contributed by atoms with E-state index in [0.29, 0.717) is 48.7 Å². The highest BCUT2D eigenvalue weighted by Gasteiger charge is 2.61. The molecule has 2 saturated carbocycles. The molecule has 0 bridgehead atoms. The fraction of sp³-hybridized carbons (Fsp3) is 0.792. The molecule has 0 aromatic heterocycles. The van der Waals surface area contributed by atoms with Crippen LogP contribution in [0.1, 0.15) is 92.4 Å². The van der Waals surface area contributed by atoms with Crippen LogP contribution in [0.3, 0.4) is 0 Å². The van der Waals surface area contributed by atoms with Gasteiger partial charge in [0.25, 0.3) is 0 Å². The zero-order valence-corrected chi connectivity index (χ0v) is 39.3. The lowest BCUT2D eigenvalue weighted by molar-refractivity contribution is -0.350. The molecule has 19 atom stereocenters. The number of methoxy groups -OCH3 is 3. The van der Waals surface area contributed by atoms with Crippen LogP contribution in [-0.2, 0) is 47.5 Å². The number of carbonyl (C=O) groups excluding carboxylic acids is 2. The highest BCUT2D eigenvalue weighted by atomic mass is 35.5. The Hall–Kier alpha value is -2.17. The number of hydrogen-bond acceptors (Lipinski definition) is 13. The molecule has 14 heteroatoms. The molecule has 1 aromatic carbocycles. The molecule has 348 valence electrons. The van der Waals surface area contributed by atoms with Gasteiger partial charge in [0, 0.05) is 55.8 Å². The van der Waals surface area contributed by atoms with Crippen molar-refractivity contribution in [2.45, 2.75) is 172 Å². The molecule has 1 aromatic rings. The number of fused-ring (bicyclic) bond motifs is 5. The molecule has 0 radical (unpaired) electrons. The molecule has 3 heterocycles. The molecule has 7 rings (SSSR count). The van der Waals surface area contributed by atoms with Gasteiger partial charge in [-0.05, 0) is 128 Å². The number of esters is 1. The smallest absolute Gasteiger partial charge is 0.306 e. The summed E-state index contributed by atoms with van der Waals surface area (Å²) in [5.41, 5.74) is 0.384. The van der Waals surface area contributed by atoms with Gasteiger partial charge in [-0.25, -0.2) is 0 Å². The number of aliphatic hydroxyl groups is 1. The first-order valence-corrected chi connectivity index (χ1v) is 23.5. The Kier molecular flexibility index (Phi) is 15.5. The van der Waals surface area contributed by atoms with E-state index in [0.717, 1.165) is 24.9 Å². The van der Waals surface area contributed by atoms with Crippen LogP contribution in [0.2, 0.25) is 5.02 Å². The van der Waals surface area contributed by atoms with Crippen LogP contribution in [-0.4, -0.2) is 136 Å². The Morgan fingerprint density at radius 3 is 2.39 bits per heavy atom. The number of carbonyl (C=O) groups is 2. The number of anilines is 1. The Morgan fingerprint density at radius 1 is 0.968 bits per heavy atom. The molecule has 6 aliphatic rings. The average molecular weight is 890 g/mol. The van der Waals surface area contributed by atoms with E-state index in [1.165, 1.54) is 0 Å². The van der Waals surface area contributed by atoms with Crippen molar-refractivity contribution >= 4 is 29.0 Å². The minimum Gasteiger partial charge on any atom is -0.462 e. The highest BCUT2D eigenvalue weighted by Crippen LogP contribution is 2.58. The quantitative estimate of drug-likeness (QED) is 0.225. The van der Waals surface area contributed by atoms with E-state index in [2.05, 4.69) is 37.3 Å². The molecule has 13 nitrogen and oxygen atoms in total. The van der Waals surface area contributed by atoms with Gasteiger partial charge in [-0.15, -0.1) is 0 Å². The summed E-state index contributed by atoms with van der Waals surface area (Å²) in [5, 5.41) is 17.0. The van der Waals surface area contributed by atoms with Crippen molar-refractivity contribution < 1.29 is 52.6 Å². The third-order valence-corrected chi connectivity index (χ3v) is 15.8. The number of likely N-dealkylation sites (N-methyl/N-ethyl adjacent to an activating group) is 1. The van der Waals surface area contributed by atoms with Crippen LogP contribution < -0.4 is 5.32 Å². The molecular formula is C48H73ClN2O11.